The molecule has 1 atom stereocenters. The standard InChI is InChI=1S/C18H33N3O3/c1-18(2,3)21-13-14(12-16(21)22)17(23)19-8-5-11-24-15-6-9-20(4)10-7-15/h14-15H,5-13H2,1-4H3,(H,19,23)/t14-/m0/s1. The predicted molar refractivity (Wildman–Crippen MR) is 93.7 cm³/mol. The van der Waals surface area contributed by atoms with Crippen molar-refractivity contribution in [2.24, 2.45) is 5.92 Å². The van der Waals surface area contributed by atoms with Crippen LogP contribution in [0.5, 0.6) is 0 Å². The Labute approximate surface area is 145 Å². The van der Waals surface area contributed by atoms with E-state index in [0.717, 1.165) is 32.4 Å². The van der Waals surface area contributed by atoms with Gasteiger partial charge in [0, 0.05) is 44.7 Å². The summed E-state index contributed by atoms with van der Waals surface area (Å²) >= 11 is 0. The Morgan fingerprint density at radius 1 is 1.29 bits per heavy atom. The number of carbonyl (C=O) groups excluding carboxylic acids is 2. The summed E-state index contributed by atoms with van der Waals surface area (Å²) in [6.45, 7) is 10.0. The highest BCUT2D eigenvalue weighted by molar-refractivity contribution is 5.89. The zero-order valence-corrected chi connectivity index (χ0v) is 15.6. The predicted octanol–water partition coefficient (Wildman–Crippen LogP) is 1.25. The van der Waals surface area contributed by atoms with Gasteiger partial charge in [-0.2, -0.15) is 0 Å². The van der Waals surface area contributed by atoms with Crippen molar-refractivity contribution in [1.82, 2.24) is 15.1 Å². The second kappa shape index (κ2) is 8.30. The number of ether oxygens (including phenoxy) is 1. The van der Waals surface area contributed by atoms with Crippen molar-refractivity contribution in [1.29, 1.82) is 0 Å². The molecule has 6 nitrogen and oxygen atoms in total. The van der Waals surface area contributed by atoms with Crippen molar-refractivity contribution in [3.8, 4) is 0 Å². The molecule has 0 aromatic rings. The number of likely N-dealkylation sites (tertiary alicyclic amines) is 2. The topological polar surface area (TPSA) is 61.9 Å². The van der Waals surface area contributed by atoms with E-state index in [1.165, 1.54) is 0 Å². The molecule has 0 radical (unpaired) electrons. The summed E-state index contributed by atoms with van der Waals surface area (Å²) in [4.78, 5) is 28.4. The quantitative estimate of drug-likeness (QED) is 0.740. The van der Waals surface area contributed by atoms with Crippen LogP contribution in [-0.4, -0.2) is 73.1 Å². The van der Waals surface area contributed by atoms with Gasteiger partial charge in [0.15, 0.2) is 0 Å². The summed E-state index contributed by atoms with van der Waals surface area (Å²) < 4.78 is 5.88. The normalized spacial score (nSPS) is 23.8. The first-order valence-electron chi connectivity index (χ1n) is 9.15. The van der Waals surface area contributed by atoms with Gasteiger partial charge >= 0.3 is 0 Å². The molecule has 0 unspecified atom stereocenters. The van der Waals surface area contributed by atoms with E-state index in [1.54, 1.807) is 4.90 Å². The Balaban J connectivity index is 1.59. The first kappa shape index (κ1) is 19.2. The molecule has 2 aliphatic heterocycles. The van der Waals surface area contributed by atoms with Crippen molar-refractivity contribution in [3.63, 3.8) is 0 Å². The van der Waals surface area contributed by atoms with Crippen molar-refractivity contribution < 1.29 is 14.3 Å². The molecule has 2 saturated heterocycles. The van der Waals surface area contributed by atoms with Gasteiger partial charge in [0.05, 0.1) is 12.0 Å². The molecular weight excluding hydrogens is 306 g/mol. The van der Waals surface area contributed by atoms with Crippen LogP contribution in [0.4, 0.5) is 0 Å². The van der Waals surface area contributed by atoms with E-state index < -0.39 is 0 Å². The summed E-state index contributed by atoms with van der Waals surface area (Å²) in [6.07, 6.45) is 3.70. The molecule has 0 saturated carbocycles. The minimum absolute atomic E-state index is 0.00519. The van der Waals surface area contributed by atoms with Crippen LogP contribution in [0, 0.1) is 5.92 Å². The first-order chi connectivity index (χ1) is 11.3. The highest BCUT2D eigenvalue weighted by Gasteiger charge is 2.39. The maximum absolute atomic E-state index is 12.2. The van der Waals surface area contributed by atoms with Crippen LogP contribution in [0.25, 0.3) is 0 Å². The Morgan fingerprint density at radius 3 is 2.54 bits per heavy atom. The van der Waals surface area contributed by atoms with E-state index in [1.807, 2.05) is 20.8 Å². The Hall–Kier alpha value is -1.14. The fourth-order valence-corrected chi connectivity index (χ4v) is 3.36. The van der Waals surface area contributed by atoms with Crippen molar-refractivity contribution >= 4 is 11.8 Å². The Bertz CT molecular complexity index is 439. The lowest BCUT2D eigenvalue weighted by Gasteiger charge is -2.31. The minimum Gasteiger partial charge on any atom is -0.378 e. The number of rotatable bonds is 6. The van der Waals surface area contributed by atoms with E-state index in [-0.39, 0.29) is 23.3 Å². The second-order valence-corrected chi connectivity index (χ2v) is 8.09. The lowest BCUT2D eigenvalue weighted by molar-refractivity contribution is -0.132. The fourth-order valence-electron chi connectivity index (χ4n) is 3.36. The third kappa shape index (κ3) is 5.45. The van der Waals surface area contributed by atoms with Gasteiger partial charge in [0.25, 0.3) is 0 Å². The molecule has 2 amide bonds. The number of carbonyl (C=O) groups is 2. The molecule has 2 rings (SSSR count). The number of nitrogens with one attached hydrogen (secondary N) is 1. The fraction of sp³-hybridized carbons (Fsp3) is 0.889. The third-order valence-corrected chi connectivity index (χ3v) is 4.95. The molecule has 2 heterocycles. The van der Waals surface area contributed by atoms with Crippen molar-refractivity contribution in [3.05, 3.63) is 0 Å². The van der Waals surface area contributed by atoms with Gasteiger partial charge in [-0.05, 0) is 47.1 Å². The molecule has 0 bridgehead atoms. The van der Waals surface area contributed by atoms with E-state index in [4.69, 9.17) is 4.74 Å². The minimum atomic E-state index is -0.216. The molecule has 138 valence electrons. The molecule has 24 heavy (non-hydrogen) atoms. The number of hydrogen-bond acceptors (Lipinski definition) is 4. The Morgan fingerprint density at radius 2 is 1.96 bits per heavy atom. The molecule has 2 aliphatic rings. The van der Waals surface area contributed by atoms with Gasteiger partial charge in [-0.15, -0.1) is 0 Å². The van der Waals surface area contributed by atoms with Gasteiger partial charge in [-0.1, -0.05) is 0 Å². The van der Waals surface area contributed by atoms with Crippen molar-refractivity contribution in [2.75, 3.05) is 39.8 Å². The zero-order chi connectivity index (χ0) is 17.7. The van der Waals surface area contributed by atoms with Gasteiger partial charge in [-0.25, -0.2) is 0 Å². The summed E-state index contributed by atoms with van der Waals surface area (Å²) in [5.74, 6) is -0.144. The van der Waals surface area contributed by atoms with Gasteiger partial charge in [-0.3, -0.25) is 9.59 Å². The second-order valence-electron chi connectivity index (χ2n) is 8.09. The van der Waals surface area contributed by atoms with Crippen LogP contribution >= 0.6 is 0 Å². The lowest BCUT2D eigenvalue weighted by atomic mass is 10.1. The van der Waals surface area contributed by atoms with Crippen LogP contribution in [0.2, 0.25) is 0 Å². The number of amides is 2. The van der Waals surface area contributed by atoms with Gasteiger partial charge in [0.2, 0.25) is 11.8 Å². The zero-order valence-electron chi connectivity index (χ0n) is 15.6. The summed E-state index contributed by atoms with van der Waals surface area (Å²) in [5.41, 5.74) is -0.214. The van der Waals surface area contributed by atoms with E-state index >= 15 is 0 Å². The van der Waals surface area contributed by atoms with Crippen molar-refractivity contribution in [2.45, 2.75) is 58.1 Å². The van der Waals surface area contributed by atoms with Gasteiger partial charge in [0.1, 0.15) is 0 Å². The first-order valence-corrected chi connectivity index (χ1v) is 9.15. The molecular formula is C18H33N3O3. The number of piperidine rings is 1. The summed E-state index contributed by atoms with van der Waals surface area (Å²) in [5, 5.41) is 2.96. The van der Waals surface area contributed by atoms with E-state index in [2.05, 4.69) is 17.3 Å². The lowest BCUT2D eigenvalue weighted by Crippen LogP contribution is -2.43. The third-order valence-electron chi connectivity index (χ3n) is 4.95. The van der Waals surface area contributed by atoms with Crippen LogP contribution in [0.15, 0.2) is 0 Å². The monoisotopic (exact) mass is 339 g/mol. The summed E-state index contributed by atoms with van der Waals surface area (Å²) in [7, 11) is 2.14. The highest BCUT2D eigenvalue weighted by atomic mass is 16.5. The average molecular weight is 339 g/mol. The van der Waals surface area contributed by atoms with Gasteiger partial charge < -0.3 is 19.9 Å². The van der Waals surface area contributed by atoms with Crippen LogP contribution in [0.3, 0.4) is 0 Å². The molecule has 0 aromatic heterocycles. The summed E-state index contributed by atoms with van der Waals surface area (Å²) in [6, 6.07) is 0. The Kier molecular flexibility index (Phi) is 6.63. The SMILES string of the molecule is CN1CCC(OCCCNC(=O)[C@H]2CC(=O)N(C(C)(C)C)C2)CC1. The molecule has 1 N–H and O–H groups in total. The molecule has 2 fully saturated rings. The van der Waals surface area contributed by atoms with Crippen LogP contribution in [0.1, 0.15) is 46.5 Å². The van der Waals surface area contributed by atoms with Crippen LogP contribution in [-0.2, 0) is 14.3 Å². The molecule has 0 aliphatic carbocycles. The maximum Gasteiger partial charge on any atom is 0.225 e. The molecule has 6 heteroatoms. The molecule has 0 spiro atoms. The number of hydrogen-bond donors (Lipinski definition) is 1. The molecule has 0 aromatic carbocycles. The largest absolute Gasteiger partial charge is 0.378 e. The highest BCUT2D eigenvalue weighted by Crippen LogP contribution is 2.25. The number of nitrogens with zero attached hydrogens (tertiary/aromatic N) is 2. The van der Waals surface area contributed by atoms with E-state index in [9.17, 15) is 9.59 Å². The average Bonchev–Trinajstić information content (AvgIpc) is 2.91. The van der Waals surface area contributed by atoms with E-state index in [0.29, 0.717) is 32.2 Å². The smallest absolute Gasteiger partial charge is 0.225 e. The van der Waals surface area contributed by atoms with Crippen LogP contribution < -0.4 is 5.32 Å². The maximum atomic E-state index is 12.2.